The number of nitrogens with zero attached hydrogens (tertiary/aromatic N) is 1. The number of hydrogen-bond acceptors (Lipinski definition) is 1. The Balaban J connectivity index is 1.15. The van der Waals surface area contributed by atoms with Crippen molar-refractivity contribution in [3.63, 3.8) is 0 Å². The van der Waals surface area contributed by atoms with Crippen LogP contribution in [-0.4, -0.2) is 0 Å². The maximum atomic E-state index is 2.50. The van der Waals surface area contributed by atoms with E-state index in [0.717, 1.165) is 17.1 Å². The van der Waals surface area contributed by atoms with Crippen molar-refractivity contribution in [1.29, 1.82) is 0 Å². The van der Waals surface area contributed by atoms with Gasteiger partial charge in [0.2, 0.25) is 0 Å². The summed E-state index contributed by atoms with van der Waals surface area (Å²) in [7, 11) is 0. The second-order valence-corrected chi connectivity index (χ2v) is 16.3. The van der Waals surface area contributed by atoms with Crippen LogP contribution in [0.5, 0.6) is 0 Å². The Labute approximate surface area is 331 Å². The lowest BCUT2D eigenvalue weighted by Crippen LogP contribution is -2.17. The van der Waals surface area contributed by atoms with Gasteiger partial charge >= 0.3 is 0 Å². The van der Waals surface area contributed by atoms with E-state index in [2.05, 4.69) is 201 Å². The van der Waals surface area contributed by atoms with Crippen LogP contribution >= 0.6 is 0 Å². The number of para-hydroxylation sites is 2. The number of benzene rings is 8. The van der Waals surface area contributed by atoms with Crippen molar-refractivity contribution >= 4 is 27.8 Å². The van der Waals surface area contributed by atoms with Crippen molar-refractivity contribution in [3.05, 3.63) is 199 Å². The zero-order chi connectivity index (χ0) is 37.6. The number of rotatable bonds is 7. The average Bonchev–Trinajstić information content (AvgIpc) is 3.50. The third-order valence-corrected chi connectivity index (χ3v) is 12.7. The van der Waals surface area contributed by atoms with Gasteiger partial charge < -0.3 is 4.90 Å². The molecule has 272 valence electrons. The molecule has 1 saturated carbocycles. The van der Waals surface area contributed by atoms with E-state index in [0.29, 0.717) is 5.92 Å². The number of hydrogen-bond donors (Lipinski definition) is 0. The largest absolute Gasteiger partial charge is 0.309 e. The van der Waals surface area contributed by atoms with Crippen molar-refractivity contribution in [2.75, 3.05) is 4.90 Å². The molecule has 0 radical (unpaired) electrons. The molecule has 0 spiro atoms. The molecule has 0 aliphatic heterocycles. The third-order valence-electron chi connectivity index (χ3n) is 12.7. The first-order valence-corrected chi connectivity index (χ1v) is 20.5. The van der Waals surface area contributed by atoms with Gasteiger partial charge in [0.1, 0.15) is 0 Å². The first-order valence-electron chi connectivity index (χ1n) is 20.5. The summed E-state index contributed by atoms with van der Waals surface area (Å²) in [6, 6.07) is 67.9. The minimum absolute atomic E-state index is 0.118. The van der Waals surface area contributed by atoms with Crippen LogP contribution in [0.1, 0.15) is 68.6 Å². The summed E-state index contributed by atoms with van der Waals surface area (Å²) in [5.41, 5.74) is 17.6. The van der Waals surface area contributed by atoms with Gasteiger partial charge in [0.15, 0.2) is 0 Å². The fourth-order valence-electron chi connectivity index (χ4n) is 9.82. The van der Waals surface area contributed by atoms with Gasteiger partial charge in [-0.2, -0.15) is 0 Å². The van der Waals surface area contributed by atoms with E-state index in [-0.39, 0.29) is 5.41 Å². The van der Waals surface area contributed by atoms with Crippen LogP contribution in [0.2, 0.25) is 0 Å². The Morgan fingerprint density at radius 1 is 0.411 bits per heavy atom. The molecular weight excluding hydrogens is 675 g/mol. The molecular formula is C55H47N. The number of anilines is 3. The summed E-state index contributed by atoms with van der Waals surface area (Å²) in [5.74, 6) is 0.704. The molecule has 0 amide bonds. The topological polar surface area (TPSA) is 3.24 Å². The molecule has 2 aliphatic rings. The van der Waals surface area contributed by atoms with Crippen LogP contribution in [0.25, 0.3) is 55.3 Å². The minimum atomic E-state index is -0.118. The lowest BCUT2D eigenvalue weighted by atomic mass is 9.82. The lowest BCUT2D eigenvalue weighted by Gasteiger charge is -2.31. The van der Waals surface area contributed by atoms with Crippen molar-refractivity contribution in [3.8, 4) is 44.5 Å². The quantitative estimate of drug-likeness (QED) is 0.158. The fourth-order valence-corrected chi connectivity index (χ4v) is 9.82. The molecule has 8 aromatic rings. The SMILES string of the molecule is CC1(C)c2ccccc2-c2ccc(N(c3ccccc3-c3ccccc3)c3ccccc3-c3ccc(-c4ccc(C5CCCCC5)cc4)c4ccccc34)cc21. The second-order valence-electron chi connectivity index (χ2n) is 16.3. The van der Waals surface area contributed by atoms with Gasteiger partial charge in [-0.05, 0) is 104 Å². The molecule has 0 atom stereocenters. The lowest BCUT2D eigenvalue weighted by molar-refractivity contribution is 0.443. The summed E-state index contributed by atoms with van der Waals surface area (Å²) in [6.07, 6.45) is 6.73. The van der Waals surface area contributed by atoms with E-state index in [4.69, 9.17) is 0 Å². The van der Waals surface area contributed by atoms with Crippen LogP contribution in [0.3, 0.4) is 0 Å². The molecule has 0 bridgehead atoms. The monoisotopic (exact) mass is 721 g/mol. The molecule has 0 heterocycles. The molecule has 1 nitrogen and oxygen atoms in total. The highest BCUT2D eigenvalue weighted by Crippen LogP contribution is 2.52. The second kappa shape index (κ2) is 14.2. The summed E-state index contributed by atoms with van der Waals surface area (Å²) in [4.78, 5) is 2.50. The van der Waals surface area contributed by atoms with Gasteiger partial charge in [0.25, 0.3) is 0 Å². The van der Waals surface area contributed by atoms with E-state index in [1.54, 1.807) is 0 Å². The highest BCUT2D eigenvalue weighted by molar-refractivity contribution is 6.07. The Bertz CT molecular complexity index is 2700. The average molecular weight is 722 g/mol. The molecule has 56 heavy (non-hydrogen) atoms. The minimum Gasteiger partial charge on any atom is -0.309 e. The Morgan fingerprint density at radius 2 is 0.946 bits per heavy atom. The molecule has 0 unspecified atom stereocenters. The van der Waals surface area contributed by atoms with E-state index in [1.807, 2.05) is 0 Å². The molecule has 0 N–H and O–H groups in total. The maximum Gasteiger partial charge on any atom is 0.0540 e. The summed E-state index contributed by atoms with van der Waals surface area (Å²) in [5, 5.41) is 2.54. The third kappa shape index (κ3) is 5.85. The van der Waals surface area contributed by atoms with Gasteiger partial charge in [-0.25, -0.2) is 0 Å². The zero-order valence-electron chi connectivity index (χ0n) is 32.4. The van der Waals surface area contributed by atoms with Crippen LogP contribution in [0.4, 0.5) is 17.1 Å². The first kappa shape index (κ1) is 34.3. The van der Waals surface area contributed by atoms with Crippen molar-refractivity contribution < 1.29 is 0 Å². The predicted molar refractivity (Wildman–Crippen MR) is 238 cm³/mol. The van der Waals surface area contributed by atoms with Crippen LogP contribution in [0, 0.1) is 0 Å². The fraction of sp³-hybridized carbons (Fsp3) is 0.164. The van der Waals surface area contributed by atoms with Gasteiger partial charge in [0.05, 0.1) is 11.4 Å². The van der Waals surface area contributed by atoms with Gasteiger partial charge in [-0.1, -0.05) is 191 Å². The van der Waals surface area contributed by atoms with Crippen molar-refractivity contribution in [2.45, 2.75) is 57.3 Å². The van der Waals surface area contributed by atoms with Gasteiger partial charge in [-0.15, -0.1) is 0 Å². The molecule has 2 aliphatic carbocycles. The molecule has 10 rings (SSSR count). The number of fused-ring (bicyclic) bond motifs is 4. The molecule has 8 aromatic carbocycles. The van der Waals surface area contributed by atoms with E-state index in [9.17, 15) is 0 Å². The summed E-state index contributed by atoms with van der Waals surface area (Å²) in [6.45, 7) is 4.74. The van der Waals surface area contributed by atoms with Gasteiger partial charge in [0, 0.05) is 22.2 Å². The Morgan fingerprint density at radius 3 is 1.70 bits per heavy atom. The highest BCUT2D eigenvalue weighted by atomic mass is 15.1. The molecule has 0 aromatic heterocycles. The highest BCUT2D eigenvalue weighted by Gasteiger charge is 2.36. The molecule has 0 saturated heterocycles. The normalized spacial score (nSPS) is 14.7. The molecule has 1 fully saturated rings. The van der Waals surface area contributed by atoms with Crippen LogP contribution < -0.4 is 4.90 Å². The predicted octanol–water partition coefficient (Wildman–Crippen LogP) is 15.7. The maximum absolute atomic E-state index is 2.50. The Kier molecular flexibility index (Phi) is 8.67. The molecule has 1 heteroatoms. The van der Waals surface area contributed by atoms with E-state index < -0.39 is 0 Å². The van der Waals surface area contributed by atoms with Crippen LogP contribution in [-0.2, 0) is 5.41 Å². The zero-order valence-corrected chi connectivity index (χ0v) is 32.4. The van der Waals surface area contributed by atoms with E-state index >= 15 is 0 Å². The smallest absolute Gasteiger partial charge is 0.0540 e. The summed E-state index contributed by atoms with van der Waals surface area (Å²) < 4.78 is 0. The first-order chi connectivity index (χ1) is 27.6. The Hall–Kier alpha value is -6.18. The van der Waals surface area contributed by atoms with Crippen molar-refractivity contribution in [1.82, 2.24) is 0 Å². The van der Waals surface area contributed by atoms with Gasteiger partial charge in [-0.3, -0.25) is 0 Å². The van der Waals surface area contributed by atoms with Crippen molar-refractivity contribution in [2.24, 2.45) is 0 Å². The van der Waals surface area contributed by atoms with E-state index in [1.165, 1.54) is 104 Å². The summed E-state index contributed by atoms with van der Waals surface area (Å²) >= 11 is 0. The standard InChI is InChI=1S/C55H47N/c1-55(2)51-26-14-11-24-48(51)49-34-33-42(37-52(49)55)56(53-27-15-12-21-44(53)40-19-7-4-8-20-40)54-28-16-13-25-50(54)47-36-35-43(45-22-9-10-23-46(45)47)41-31-29-39(30-32-41)38-17-5-3-6-18-38/h4,7-16,19-38H,3,5-6,17-18H2,1-2H3. The van der Waals surface area contributed by atoms with Crippen LogP contribution in [0.15, 0.2) is 182 Å².